The smallest absolute Gasteiger partial charge is 0.408 e. The number of hydrogen-bond acceptors (Lipinski definition) is 12. The number of methoxy groups -OCH3 is 1. The van der Waals surface area contributed by atoms with Crippen molar-refractivity contribution in [1.82, 2.24) is 30.2 Å². The average molecular weight is 844 g/mol. The second kappa shape index (κ2) is 15.6. The number of fused-ring (bicyclic) bond motifs is 5. The van der Waals surface area contributed by atoms with E-state index in [0.717, 1.165) is 24.2 Å². The van der Waals surface area contributed by atoms with Crippen molar-refractivity contribution in [1.29, 1.82) is 5.26 Å². The summed E-state index contributed by atoms with van der Waals surface area (Å²) in [4.78, 5) is 67.3. The van der Waals surface area contributed by atoms with Crippen LogP contribution in [0.5, 0.6) is 11.6 Å². The third-order valence-electron chi connectivity index (χ3n) is 12.5. The van der Waals surface area contributed by atoms with E-state index < -0.39 is 92.4 Å². The van der Waals surface area contributed by atoms with Gasteiger partial charge in [0.1, 0.15) is 41.3 Å². The minimum atomic E-state index is -4.29. The Kier molecular flexibility index (Phi) is 11.2. The molecule has 2 aliphatic heterocycles. The Morgan fingerprint density at radius 3 is 2.51 bits per heavy atom. The van der Waals surface area contributed by atoms with Crippen LogP contribution < -0.4 is 24.8 Å². The number of ether oxygens (including phenoxy) is 3. The van der Waals surface area contributed by atoms with Crippen LogP contribution in [-0.2, 0) is 35.6 Å². The maximum absolute atomic E-state index is 14.8. The molecule has 3 aliphatic carbocycles. The number of nitriles is 1. The molecule has 3 heterocycles. The van der Waals surface area contributed by atoms with Crippen LogP contribution in [0.3, 0.4) is 0 Å². The number of aromatic nitrogens is 2. The number of carbonyl (C=O) groups excluding carboxylic acids is 4. The molecule has 19 heteroatoms. The molecule has 1 aromatic carbocycles. The zero-order valence-electron chi connectivity index (χ0n) is 33.8. The Balaban J connectivity index is 1.29. The van der Waals surface area contributed by atoms with E-state index in [9.17, 15) is 41.6 Å². The predicted octanol–water partition coefficient (Wildman–Crippen LogP) is 3.91. The van der Waals surface area contributed by atoms with Gasteiger partial charge < -0.3 is 29.7 Å². The number of carbonyl (C=O) groups is 4. The van der Waals surface area contributed by atoms with Gasteiger partial charge in [0.05, 0.1) is 41.4 Å². The summed E-state index contributed by atoms with van der Waals surface area (Å²) in [5.74, 6) is -5.21. The highest BCUT2D eigenvalue weighted by Gasteiger charge is 2.68. The first kappa shape index (κ1) is 42.3. The highest BCUT2D eigenvalue weighted by atomic mass is 32.2. The van der Waals surface area contributed by atoms with E-state index in [1.165, 1.54) is 14.0 Å². The summed E-state index contributed by atoms with van der Waals surface area (Å²) in [6.07, 6.45) is -1.38. The summed E-state index contributed by atoms with van der Waals surface area (Å²) >= 11 is 0. The summed E-state index contributed by atoms with van der Waals surface area (Å²) in [7, 11) is -2.78. The van der Waals surface area contributed by atoms with Gasteiger partial charge in [0, 0.05) is 18.4 Å². The fourth-order valence-corrected chi connectivity index (χ4v) is 9.58. The number of hydrogen-bond donors (Lipinski definition) is 3. The normalized spacial score (nSPS) is 30.6. The molecule has 3 saturated carbocycles. The molecule has 5 aliphatic rings. The molecular weight excluding hydrogens is 793 g/mol. The zero-order valence-corrected chi connectivity index (χ0v) is 34.6. The van der Waals surface area contributed by atoms with Crippen molar-refractivity contribution in [3.63, 3.8) is 0 Å². The van der Waals surface area contributed by atoms with Gasteiger partial charge in [-0.2, -0.15) is 5.26 Å². The Morgan fingerprint density at radius 1 is 1.12 bits per heavy atom. The number of alkyl carbamates (subject to hydrolysis) is 1. The van der Waals surface area contributed by atoms with E-state index in [1.807, 2.05) is 4.72 Å². The lowest BCUT2D eigenvalue weighted by Gasteiger charge is -2.36. The van der Waals surface area contributed by atoms with Gasteiger partial charge in [0.25, 0.3) is 5.91 Å². The second-order valence-corrected chi connectivity index (χ2v) is 20.1. The van der Waals surface area contributed by atoms with Crippen molar-refractivity contribution >= 4 is 44.9 Å². The third-order valence-corrected chi connectivity index (χ3v) is 14.7. The van der Waals surface area contributed by atoms with E-state index in [2.05, 4.69) is 16.7 Å². The standard InChI is InChI=1S/C40H51F2N7O9S/c1-38(2,3)31-35(51)49-20-29(23(13-16-43)30(49)33(50)47-40(19-24(40)32(41)42)36(52)48-59(54,55)39(4)14-15-39)57-34-26(44-25-12-11-22(56-5)18-27(25)45-34)10-8-6-7-9-21-17-28(21)58-37(53)46-31/h11-12,18,21,23-24,28-32H,6-10,13-15,17,19-20H2,1-5H3,(H,46,53)(H,47,50)(H,48,52)/t21?,23-,24+,28-,29+,30+,31-,40-/m1/s1. The number of benzene rings is 1. The quantitative estimate of drug-likeness (QED) is 0.345. The minimum Gasteiger partial charge on any atom is -0.497 e. The topological polar surface area (TPSA) is 219 Å². The predicted molar refractivity (Wildman–Crippen MR) is 206 cm³/mol. The molecule has 16 nitrogen and oxygen atoms in total. The van der Waals surface area contributed by atoms with Crippen LogP contribution in [0.2, 0.25) is 0 Å². The van der Waals surface area contributed by atoms with E-state index in [4.69, 9.17) is 24.2 Å². The van der Waals surface area contributed by atoms with Crippen LogP contribution in [0.1, 0.15) is 91.2 Å². The van der Waals surface area contributed by atoms with Crippen molar-refractivity contribution in [2.24, 2.45) is 23.2 Å². The van der Waals surface area contributed by atoms with Crippen LogP contribution in [0.15, 0.2) is 18.2 Å². The van der Waals surface area contributed by atoms with Crippen molar-refractivity contribution in [2.45, 2.75) is 133 Å². The first-order valence-corrected chi connectivity index (χ1v) is 21.6. The minimum absolute atomic E-state index is 0.110. The van der Waals surface area contributed by atoms with Gasteiger partial charge in [-0.3, -0.25) is 19.1 Å². The molecular formula is C40H51F2N7O9S. The molecule has 1 saturated heterocycles. The van der Waals surface area contributed by atoms with Crippen molar-refractivity contribution in [3.05, 3.63) is 23.9 Å². The van der Waals surface area contributed by atoms with E-state index in [0.29, 0.717) is 41.7 Å². The maximum Gasteiger partial charge on any atom is 0.408 e. The lowest BCUT2D eigenvalue weighted by atomic mass is 9.85. The van der Waals surface area contributed by atoms with Gasteiger partial charge in [0.15, 0.2) is 0 Å². The number of amides is 4. The third kappa shape index (κ3) is 8.46. The number of halogens is 2. The molecule has 1 aromatic heterocycles. The van der Waals surface area contributed by atoms with Crippen molar-refractivity contribution in [2.75, 3.05) is 13.7 Å². The number of alkyl halides is 2. The van der Waals surface area contributed by atoms with Gasteiger partial charge in [-0.1, -0.05) is 33.6 Å². The number of nitrogens with zero attached hydrogens (tertiary/aromatic N) is 4. The fraction of sp³-hybridized carbons (Fsp3) is 0.675. The molecule has 0 radical (unpaired) electrons. The lowest BCUT2D eigenvalue weighted by molar-refractivity contribution is -0.143. The zero-order chi connectivity index (χ0) is 42.7. The van der Waals surface area contributed by atoms with Crippen LogP contribution in [0.25, 0.3) is 11.0 Å². The largest absolute Gasteiger partial charge is 0.497 e. The van der Waals surface area contributed by atoms with Crippen LogP contribution in [-0.4, -0.2) is 102 Å². The van der Waals surface area contributed by atoms with E-state index in [1.54, 1.807) is 39.0 Å². The van der Waals surface area contributed by atoms with Gasteiger partial charge in [-0.15, -0.1) is 0 Å². The molecule has 8 atom stereocenters. The van der Waals surface area contributed by atoms with Gasteiger partial charge >= 0.3 is 6.09 Å². The van der Waals surface area contributed by atoms with E-state index in [-0.39, 0.29) is 43.7 Å². The van der Waals surface area contributed by atoms with Gasteiger partial charge in [-0.25, -0.2) is 32.0 Å². The first-order chi connectivity index (χ1) is 27.8. The highest BCUT2D eigenvalue weighted by Crippen LogP contribution is 2.50. The molecule has 1 unspecified atom stereocenters. The van der Waals surface area contributed by atoms with Crippen LogP contribution in [0.4, 0.5) is 13.6 Å². The monoisotopic (exact) mass is 843 g/mol. The summed E-state index contributed by atoms with van der Waals surface area (Å²) in [5, 5.41) is 15.3. The molecule has 7 rings (SSSR count). The number of rotatable bonds is 8. The molecule has 4 amide bonds. The number of aryl methyl sites for hydroxylation is 1. The number of sulfonamides is 1. The molecule has 59 heavy (non-hydrogen) atoms. The highest BCUT2D eigenvalue weighted by molar-refractivity contribution is 7.91. The Hall–Kier alpha value is -4.86. The fourth-order valence-electron chi connectivity index (χ4n) is 8.27. The molecule has 0 spiro atoms. The molecule has 2 aromatic rings. The Labute approximate surface area is 341 Å². The van der Waals surface area contributed by atoms with E-state index >= 15 is 0 Å². The van der Waals surface area contributed by atoms with Crippen molar-refractivity contribution < 1.29 is 50.6 Å². The summed E-state index contributed by atoms with van der Waals surface area (Å²) in [6.45, 7) is 6.22. The summed E-state index contributed by atoms with van der Waals surface area (Å²) in [5.41, 5.74) is -1.77. The Morgan fingerprint density at radius 2 is 1.86 bits per heavy atom. The second-order valence-electron chi connectivity index (χ2n) is 17.9. The van der Waals surface area contributed by atoms with Crippen LogP contribution in [0, 0.1) is 34.5 Å². The Bertz CT molecular complexity index is 2180. The maximum atomic E-state index is 14.8. The van der Waals surface area contributed by atoms with Crippen molar-refractivity contribution in [3.8, 4) is 17.7 Å². The lowest BCUT2D eigenvalue weighted by Crippen LogP contribution is -2.61. The molecule has 320 valence electrons. The molecule has 3 N–H and O–H groups in total. The number of nitrogens with one attached hydrogen (secondary N) is 3. The SMILES string of the molecule is COc1ccc2nc3c(nc2c1)O[C@H]1CN(C(=O)[C@H](C(C)(C)C)NC(=O)O[C@@H]2CC2CCCCC3)[C@H](C(=O)N[C@]2(C(=O)NS(=O)(=O)C3(C)CC3)C[C@H]2C(F)F)[C@@H]1CC#N. The van der Waals surface area contributed by atoms with Crippen LogP contribution >= 0.6 is 0 Å². The summed E-state index contributed by atoms with van der Waals surface area (Å²) in [6, 6.07) is 4.36. The average Bonchev–Trinajstić information content (AvgIpc) is 4.12. The van der Waals surface area contributed by atoms with Gasteiger partial charge in [0.2, 0.25) is 34.1 Å². The summed E-state index contributed by atoms with van der Waals surface area (Å²) < 4.78 is 73.3. The first-order valence-electron chi connectivity index (χ1n) is 20.1. The molecule has 4 fully saturated rings. The molecule has 2 bridgehead atoms. The van der Waals surface area contributed by atoms with Gasteiger partial charge in [-0.05, 0) is 75.3 Å².